The Bertz CT molecular complexity index is 703. The van der Waals surface area contributed by atoms with Crippen LogP contribution in [0.2, 0.25) is 0 Å². The molecule has 0 saturated carbocycles. The van der Waals surface area contributed by atoms with Crippen LogP contribution in [0.4, 0.5) is 11.4 Å². The quantitative estimate of drug-likeness (QED) is 0.578. The molecule has 1 aliphatic rings. The van der Waals surface area contributed by atoms with Gasteiger partial charge in [0.15, 0.2) is 0 Å². The number of fused-ring (bicyclic) bond motifs is 1. The van der Waals surface area contributed by atoms with Crippen molar-refractivity contribution in [2.75, 3.05) is 10.6 Å². The second-order valence-electron chi connectivity index (χ2n) is 4.70. The van der Waals surface area contributed by atoms with E-state index in [0.29, 0.717) is 5.57 Å². The molecule has 0 aliphatic carbocycles. The van der Waals surface area contributed by atoms with Crippen LogP contribution >= 0.6 is 0 Å². The van der Waals surface area contributed by atoms with E-state index in [1.807, 2.05) is 25.1 Å². The van der Waals surface area contributed by atoms with Gasteiger partial charge in [-0.3, -0.25) is 4.79 Å². The van der Waals surface area contributed by atoms with E-state index < -0.39 is 0 Å². The van der Waals surface area contributed by atoms with Crippen LogP contribution in [-0.2, 0) is 4.79 Å². The van der Waals surface area contributed by atoms with Crippen molar-refractivity contribution in [1.29, 1.82) is 0 Å². The molecule has 0 saturated heterocycles. The Morgan fingerprint density at radius 2 is 1.90 bits per heavy atom. The first-order valence-electron chi connectivity index (χ1n) is 6.32. The van der Waals surface area contributed by atoms with E-state index in [1.165, 1.54) is 0 Å². The van der Waals surface area contributed by atoms with Gasteiger partial charge in [-0.05, 0) is 42.8 Å². The summed E-state index contributed by atoms with van der Waals surface area (Å²) >= 11 is 0. The smallest absolute Gasteiger partial charge is 0.257 e. The number of hydrogen-bond donors (Lipinski definition) is 3. The minimum atomic E-state index is -0.111. The number of phenolic OH excluding ortho intramolecular Hbond substituents is 1. The van der Waals surface area contributed by atoms with Gasteiger partial charge in [-0.2, -0.15) is 0 Å². The largest absolute Gasteiger partial charge is 0.508 e. The van der Waals surface area contributed by atoms with Gasteiger partial charge in [0.2, 0.25) is 0 Å². The zero-order chi connectivity index (χ0) is 14.1. The molecule has 0 radical (unpaired) electrons. The molecule has 0 unspecified atom stereocenters. The fourth-order valence-corrected chi connectivity index (χ4v) is 2.28. The summed E-state index contributed by atoms with van der Waals surface area (Å²) in [5, 5.41) is 15.2. The molecular formula is C16H14N2O2. The summed E-state index contributed by atoms with van der Waals surface area (Å²) in [6.45, 7) is 1.98. The number of phenols is 1. The van der Waals surface area contributed by atoms with E-state index in [4.69, 9.17) is 0 Å². The third-order valence-electron chi connectivity index (χ3n) is 3.29. The molecule has 100 valence electrons. The van der Waals surface area contributed by atoms with Crippen LogP contribution in [0, 0.1) is 6.92 Å². The van der Waals surface area contributed by atoms with Crippen LogP contribution in [0.5, 0.6) is 5.75 Å². The summed E-state index contributed by atoms with van der Waals surface area (Å²) in [7, 11) is 0. The highest BCUT2D eigenvalue weighted by molar-refractivity contribution is 6.32. The van der Waals surface area contributed by atoms with Crippen molar-refractivity contribution < 1.29 is 9.90 Å². The maximum atomic E-state index is 12.0. The van der Waals surface area contributed by atoms with Gasteiger partial charge < -0.3 is 15.7 Å². The number of aryl methyl sites for hydroxylation is 1. The standard InChI is InChI=1S/C16H14N2O2/c1-10-3-2-4-14-15(10)13(16(20)18-14)9-17-11-5-7-12(19)8-6-11/h2-9,17,19H,1H3,(H,18,20). The Hall–Kier alpha value is -2.75. The maximum absolute atomic E-state index is 12.0. The van der Waals surface area contributed by atoms with Crippen molar-refractivity contribution in [3.8, 4) is 5.75 Å². The second-order valence-corrected chi connectivity index (χ2v) is 4.70. The van der Waals surface area contributed by atoms with Crippen LogP contribution in [0.15, 0.2) is 48.7 Å². The summed E-state index contributed by atoms with van der Waals surface area (Å²) in [6.07, 6.45) is 1.69. The Labute approximate surface area is 116 Å². The molecule has 0 spiro atoms. The predicted octanol–water partition coefficient (Wildman–Crippen LogP) is 3.11. The molecule has 3 rings (SSSR count). The summed E-state index contributed by atoms with van der Waals surface area (Å²) < 4.78 is 0. The number of carbonyl (C=O) groups excluding carboxylic acids is 1. The third-order valence-corrected chi connectivity index (χ3v) is 3.29. The maximum Gasteiger partial charge on any atom is 0.257 e. The number of nitrogens with one attached hydrogen (secondary N) is 2. The number of amides is 1. The van der Waals surface area contributed by atoms with Gasteiger partial charge in [0.05, 0.1) is 5.57 Å². The molecule has 0 atom stereocenters. The highest BCUT2D eigenvalue weighted by atomic mass is 16.3. The lowest BCUT2D eigenvalue weighted by Gasteiger charge is -2.04. The molecule has 0 bridgehead atoms. The van der Waals surface area contributed by atoms with Gasteiger partial charge in [0.1, 0.15) is 5.75 Å². The van der Waals surface area contributed by atoms with Crippen molar-refractivity contribution in [3.63, 3.8) is 0 Å². The fourth-order valence-electron chi connectivity index (χ4n) is 2.28. The number of carbonyl (C=O) groups is 1. The molecule has 3 N–H and O–H groups in total. The average Bonchev–Trinajstić information content (AvgIpc) is 2.75. The topological polar surface area (TPSA) is 61.4 Å². The lowest BCUT2D eigenvalue weighted by Crippen LogP contribution is -2.05. The highest BCUT2D eigenvalue weighted by Crippen LogP contribution is 2.34. The summed E-state index contributed by atoms with van der Waals surface area (Å²) in [4.78, 5) is 12.0. The monoisotopic (exact) mass is 266 g/mol. The van der Waals surface area contributed by atoms with Crippen LogP contribution in [-0.4, -0.2) is 11.0 Å². The SMILES string of the molecule is Cc1cccc2c1C(=CNc1ccc(O)cc1)C(=O)N2. The fraction of sp³-hybridized carbons (Fsp3) is 0.0625. The number of rotatable bonds is 2. The minimum Gasteiger partial charge on any atom is -0.508 e. The van der Waals surface area contributed by atoms with Gasteiger partial charge >= 0.3 is 0 Å². The molecular weight excluding hydrogens is 252 g/mol. The van der Waals surface area contributed by atoms with Crippen LogP contribution in [0.3, 0.4) is 0 Å². The number of hydrogen-bond acceptors (Lipinski definition) is 3. The van der Waals surface area contributed by atoms with Gasteiger partial charge in [0.25, 0.3) is 5.91 Å². The first-order chi connectivity index (χ1) is 9.65. The summed E-state index contributed by atoms with van der Waals surface area (Å²) in [6, 6.07) is 12.5. The number of anilines is 2. The molecule has 20 heavy (non-hydrogen) atoms. The van der Waals surface area contributed by atoms with Crippen LogP contribution in [0.25, 0.3) is 5.57 Å². The lowest BCUT2D eigenvalue weighted by molar-refractivity contribution is -0.110. The van der Waals surface area contributed by atoms with Gasteiger partial charge in [-0.25, -0.2) is 0 Å². The molecule has 1 heterocycles. The van der Waals surface area contributed by atoms with Gasteiger partial charge in [-0.15, -0.1) is 0 Å². The Morgan fingerprint density at radius 3 is 2.65 bits per heavy atom. The second kappa shape index (κ2) is 4.74. The predicted molar refractivity (Wildman–Crippen MR) is 79.5 cm³/mol. The summed E-state index contributed by atoms with van der Waals surface area (Å²) in [5.41, 5.74) is 4.26. The molecule has 4 heteroatoms. The molecule has 0 aromatic heterocycles. The van der Waals surface area contributed by atoms with E-state index in [1.54, 1.807) is 30.5 Å². The Balaban J connectivity index is 1.93. The van der Waals surface area contributed by atoms with Crippen molar-refractivity contribution in [3.05, 3.63) is 59.8 Å². The zero-order valence-corrected chi connectivity index (χ0v) is 11.0. The van der Waals surface area contributed by atoms with Crippen molar-refractivity contribution in [2.45, 2.75) is 6.92 Å². The molecule has 1 amide bonds. The third kappa shape index (κ3) is 2.12. The highest BCUT2D eigenvalue weighted by Gasteiger charge is 2.25. The van der Waals surface area contributed by atoms with E-state index in [-0.39, 0.29) is 11.7 Å². The van der Waals surface area contributed by atoms with Gasteiger partial charge in [-0.1, -0.05) is 12.1 Å². The van der Waals surface area contributed by atoms with Crippen molar-refractivity contribution in [1.82, 2.24) is 0 Å². The first-order valence-corrected chi connectivity index (χ1v) is 6.32. The van der Waals surface area contributed by atoms with Crippen LogP contribution in [0.1, 0.15) is 11.1 Å². The van der Waals surface area contributed by atoms with E-state index >= 15 is 0 Å². The van der Waals surface area contributed by atoms with E-state index in [9.17, 15) is 9.90 Å². The van der Waals surface area contributed by atoms with Crippen molar-refractivity contribution in [2.24, 2.45) is 0 Å². The molecule has 1 aliphatic heterocycles. The number of benzene rings is 2. The normalized spacial score (nSPS) is 15.1. The average molecular weight is 266 g/mol. The van der Waals surface area contributed by atoms with E-state index in [0.717, 1.165) is 22.5 Å². The molecule has 2 aromatic carbocycles. The lowest BCUT2D eigenvalue weighted by atomic mass is 10.0. The first kappa shape index (κ1) is 12.3. The van der Waals surface area contributed by atoms with Gasteiger partial charge in [0, 0.05) is 23.1 Å². The molecule has 4 nitrogen and oxygen atoms in total. The molecule has 2 aromatic rings. The van der Waals surface area contributed by atoms with Crippen LogP contribution < -0.4 is 10.6 Å². The zero-order valence-electron chi connectivity index (χ0n) is 11.0. The Morgan fingerprint density at radius 1 is 1.15 bits per heavy atom. The van der Waals surface area contributed by atoms with E-state index in [2.05, 4.69) is 10.6 Å². The number of aromatic hydroxyl groups is 1. The Kier molecular flexibility index (Phi) is 2.91. The summed E-state index contributed by atoms with van der Waals surface area (Å²) in [5.74, 6) is 0.101. The molecule has 0 fully saturated rings. The van der Waals surface area contributed by atoms with Crippen molar-refractivity contribution >= 4 is 22.9 Å². The minimum absolute atomic E-state index is 0.111.